The first-order valence-corrected chi connectivity index (χ1v) is 7.91. The molecule has 1 aromatic carbocycles. The number of benzene rings is 1. The number of methoxy groups -OCH3 is 2. The minimum absolute atomic E-state index is 0.518. The van der Waals surface area contributed by atoms with Crippen molar-refractivity contribution >= 4 is 15.9 Å². The first-order valence-electron chi connectivity index (χ1n) is 7.11. The summed E-state index contributed by atoms with van der Waals surface area (Å²) < 4.78 is 11.6. The van der Waals surface area contributed by atoms with E-state index in [0.717, 1.165) is 28.4 Å². The molecular formula is C16H26BrNO2. The topological polar surface area (TPSA) is 30.5 Å². The quantitative estimate of drug-likeness (QED) is 0.759. The molecule has 0 aromatic heterocycles. The van der Waals surface area contributed by atoms with Gasteiger partial charge in [0.15, 0.2) is 11.5 Å². The van der Waals surface area contributed by atoms with Gasteiger partial charge in [0.05, 0.1) is 18.7 Å². The number of halogens is 1. The smallest absolute Gasteiger partial charge is 0.174 e. The maximum atomic E-state index is 5.36. The van der Waals surface area contributed by atoms with Gasteiger partial charge in [-0.05, 0) is 59.3 Å². The van der Waals surface area contributed by atoms with E-state index in [1.54, 1.807) is 14.2 Å². The van der Waals surface area contributed by atoms with E-state index in [2.05, 4.69) is 48.1 Å². The van der Waals surface area contributed by atoms with Crippen LogP contribution in [0.2, 0.25) is 0 Å². The predicted molar refractivity (Wildman–Crippen MR) is 87.6 cm³/mol. The lowest BCUT2D eigenvalue weighted by Crippen LogP contribution is -2.25. The van der Waals surface area contributed by atoms with Crippen molar-refractivity contribution in [2.75, 3.05) is 14.2 Å². The van der Waals surface area contributed by atoms with Crippen LogP contribution in [-0.2, 0) is 6.54 Å². The van der Waals surface area contributed by atoms with Crippen molar-refractivity contribution in [2.45, 2.75) is 46.2 Å². The summed E-state index contributed by atoms with van der Waals surface area (Å²) in [6.07, 6.45) is 2.45. The SMILES string of the molecule is COc1cc(CNC(C)CCC(C)C)cc(Br)c1OC. The molecule has 0 aliphatic rings. The Morgan fingerprint density at radius 3 is 2.35 bits per heavy atom. The highest BCUT2D eigenvalue weighted by Gasteiger charge is 2.11. The summed E-state index contributed by atoms with van der Waals surface area (Å²) in [5.41, 5.74) is 1.19. The van der Waals surface area contributed by atoms with Crippen molar-refractivity contribution in [1.82, 2.24) is 5.32 Å². The normalized spacial score (nSPS) is 12.6. The predicted octanol–water partition coefficient (Wildman–Crippen LogP) is 4.38. The molecule has 0 fully saturated rings. The highest BCUT2D eigenvalue weighted by molar-refractivity contribution is 9.10. The van der Waals surface area contributed by atoms with Gasteiger partial charge in [-0.25, -0.2) is 0 Å². The van der Waals surface area contributed by atoms with Gasteiger partial charge in [-0.2, -0.15) is 0 Å². The van der Waals surface area contributed by atoms with Gasteiger partial charge in [-0.1, -0.05) is 13.8 Å². The zero-order valence-corrected chi connectivity index (χ0v) is 14.7. The lowest BCUT2D eigenvalue weighted by atomic mass is 10.0. The second-order valence-corrected chi connectivity index (χ2v) is 6.42. The Labute approximate surface area is 131 Å². The van der Waals surface area contributed by atoms with Crippen molar-refractivity contribution in [3.05, 3.63) is 22.2 Å². The molecular weight excluding hydrogens is 318 g/mol. The third-order valence-electron chi connectivity index (χ3n) is 3.33. The number of ether oxygens (including phenoxy) is 2. The molecule has 1 unspecified atom stereocenters. The van der Waals surface area contributed by atoms with E-state index < -0.39 is 0 Å². The third kappa shape index (κ3) is 5.33. The molecule has 20 heavy (non-hydrogen) atoms. The fourth-order valence-electron chi connectivity index (χ4n) is 2.05. The van der Waals surface area contributed by atoms with E-state index in [9.17, 15) is 0 Å². The summed E-state index contributed by atoms with van der Waals surface area (Å²) >= 11 is 3.52. The lowest BCUT2D eigenvalue weighted by molar-refractivity contribution is 0.352. The van der Waals surface area contributed by atoms with Crippen LogP contribution in [0.4, 0.5) is 0 Å². The van der Waals surface area contributed by atoms with Gasteiger partial charge in [0.25, 0.3) is 0 Å². The van der Waals surface area contributed by atoms with Crippen molar-refractivity contribution in [2.24, 2.45) is 5.92 Å². The largest absolute Gasteiger partial charge is 0.493 e. The van der Waals surface area contributed by atoms with Crippen LogP contribution in [0.3, 0.4) is 0 Å². The Hall–Kier alpha value is -0.740. The second kappa shape index (κ2) is 8.53. The summed E-state index contributed by atoms with van der Waals surface area (Å²) in [6.45, 7) is 7.59. The van der Waals surface area contributed by atoms with E-state index >= 15 is 0 Å². The molecule has 0 spiro atoms. The summed E-state index contributed by atoms with van der Waals surface area (Å²) in [5.74, 6) is 2.26. The summed E-state index contributed by atoms with van der Waals surface area (Å²) in [6, 6.07) is 4.61. The molecule has 0 amide bonds. The number of nitrogens with one attached hydrogen (secondary N) is 1. The molecule has 0 saturated heterocycles. The second-order valence-electron chi connectivity index (χ2n) is 5.57. The van der Waals surface area contributed by atoms with E-state index in [1.165, 1.54) is 18.4 Å². The fourth-order valence-corrected chi connectivity index (χ4v) is 2.70. The summed E-state index contributed by atoms with van der Waals surface area (Å²) in [4.78, 5) is 0. The van der Waals surface area contributed by atoms with Gasteiger partial charge in [0.1, 0.15) is 0 Å². The number of hydrogen-bond donors (Lipinski definition) is 1. The molecule has 1 rings (SSSR count). The zero-order chi connectivity index (χ0) is 15.1. The first kappa shape index (κ1) is 17.3. The molecule has 0 aliphatic carbocycles. The van der Waals surface area contributed by atoms with Crippen LogP contribution in [0, 0.1) is 5.92 Å². The van der Waals surface area contributed by atoms with Gasteiger partial charge < -0.3 is 14.8 Å². The maximum Gasteiger partial charge on any atom is 0.174 e. The molecule has 1 N–H and O–H groups in total. The van der Waals surface area contributed by atoms with Crippen LogP contribution in [0.25, 0.3) is 0 Å². The molecule has 3 nitrogen and oxygen atoms in total. The lowest BCUT2D eigenvalue weighted by Gasteiger charge is -2.16. The minimum Gasteiger partial charge on any atom is -0.493 e. The van der Waals surface area contributed by atoms with Crippen LogP contribution in [0.5, 0.6) is 11.5 Å². The average molecular weight is 344 g/mol. The van der Waals surface area contributed by atoms with Crippen LogP contribution in [0.15, 0.2) is 16.6 Å². The van der Waals surface area contributed by atoms with Gasteiger partial charge in [-0.15, -0.1) is 0 Å². The molecule has 1 atom stereocenters. The summed E-state index contributed by atoms with van der Waals surface area (Å²) in [5, 5.41) is 3.55. The van der Waals surface area contributed by atoms with Gasteiger partial charge in [0.2, 0.25) is 0 Å². The van der Waals surface area contributed by atoms with E-state index in [0.29, 0.717) is 6.04 Å². The first-order chi connectivity index (χ1) is 9.47. The molecule has 114 valence electrons. The van der Waals surface area contributed by atoms with Crippen molar-refractivity contribution in [3.8, 4) is 11.5 Å². The van der Waals surface area contributed by atoms with Gasteiger partial charge in [0, 0.05) is 12.6 Å². The highest BCUT2D eigenvalue weighted by Crippen LogP contribution is 2.36. The Morgan fingerprint density at radius 2 is 1.80 bits per heavy atom. The Morgan fingerprint density at radius 1 is 1.10 bits per heavy atom. The average Bonchev–Trinajstić information content (AvgIpc) is 2.42. The number of hydrogen-bond acceptors (Lipinski definition) is 3. The van der Waals surface area contributed by atoms with Crippen LogP contribution >= 0.6 is 15.9 Å². The van der Waals surface area contributed by atoms with Crippen molar-refractivity contribution < 1.29 is 9.47 Å². The molecule has 0 aliphatic heterocycles. The molecule has 4 heteroatoms. The van der Waals surface area contributed by atoms with E-state index in [-0.39, 0.29) is 0 Å². The van der Waals surface area contributed by atoms with E-state index in [1.807, 2.05) is 6.07 Å². The standard InChI is InChI=1S/C16H26BrNO2/c1-11(2)6-7-12(3)18-10-13-8-14(17)16(20-5)15(9-13)19-4/h8-9,11-12,18H,6-7,10H2,1-5H3. The van der Waals surface area contributed by atoms with Crippen molar-refractivity contribution in [3.63, 3.8) is 0 Å². The van der Waals surface area contributed by atoms with Crippen LogP contribution < -0.4 is 14.8 Å². The minimum atomic E-state index is 0.518. The Kier molecular flexibility index (Phi) is 7.38. The molecule has 0 radical (unpaired) electrons. The molecule has 0 bridgehead atoms. The van der Waals surface area contributed by atoms with Gasteiger partial charge in [-0.3, -0.25) is 0 Å². The highest BCUT2D eigenvalue weighted by atomic mass is 79.9. The number of rotatable bonds is 8. The van der Waals surface area contributed by atoms with Crippen LogP contribution in [-0.4, -0.2) is 20.3 Å². The fraction of sp³-hybridized carbons (Fsp3) is 0.625. The van der Waals surface area contributed by atoms with Crippen LogP contribution in [0.1, 0.15) is 39.2 Å². The Balaban J connectivity index is 2.62. The maximum absolute atomic E-state index is 5.36. The zero-order valence-electron chi connectivity index (χ0n) is 13.1. The summed E-state index contributed by atoms with van der Waals surface area (Å²) in [7, 11) is 3.31. The Bertz CT molecular complexity index is 421. The van der Waals surface area contributed by atoms with Gasteiger partial charge >= 0.3 is 0 Å². The van der Waals surface area contributed by atoms with E-state index in [4.69, 9.17) is 9.47 Å². The molecule has 1 aromatic rings. The molecule has 0 heterocycles. The van der Waals surface area contributed by atoms with Crippen molar-refractivity contribution in [1.29, 1.82) is 0 Å². The third-order valence-corrected chi connectivity index (χ3v) is 3.91. The molecule has 0 saturated carbocycles. The monoisotopic (exact) mass is 343 g/mol.